The summed E-state index contributed by atoms with van der Waals surface area (Å²) in [6.45, 7) is 5.26. The van der Waals surface area contributed by atoms with Crippen LogP contribution in [0, 0.1) is 0 Å². The first-order valence-corrected chi connectivity index (χ1v) is 4.55. The molecule has 14 heavy (non-hydrogen) atoms. The zero-order chi connectivity index (χ0) is 10.2. The van der Waals surface area contributed by atoms with E-state index in [1.807, 2.05) is 6.08 Å². The third-order valence-electron chi connectivity index (χ3n) is 1.73. The van der Waals surface area contributed by atoms with Crippen LogP contribution in [-0.2, 0) is 17.7 Å². The first-order valence-electron chi connectivity index (χ1n) is 4.55. The van der Waals surface area contributed by atoms with E-state index in [1.54, 1.807) is 10.9 Å². The molecule has 0 aliphatic carbocycles. The first-order chi connectivity index (χ1) is 6.88. The Hall–Kier alpha value is -1.20. The molecule has 0 radical (unpaired) electrons. The zero-order valence-electron chi connectivity index (χ0n) is 8.09. The summed E-state index contributed by atoms with van der Waals surface area (Å²) < 4.78 is 6.90. The summed E-state index contributed by atoms with van der Waals surface area (Å²) in [5, 5.41) is 16.2. The van der Waals surface area contributed by atoms with Crippen LogP contribution in [0.3, 0.4) is 0 Å². The van der Waals surface area contributed by atoms with Crippen molar-refractivity contribution in [3.8, 4) is 0 Å². The summed E-state index contributed by atoms with van der Waals surface area (Å²) in [6, 6.07) is 0. The van der Waals surface area contributed by atoms with Crippen LogP contribution < -0.4 is 0 Å². The fourth-order valence-electron chi connectivity index (χ4n) is 1.09. The lowest BCUT2D eigenvalue weighted by molar-refractivity contribution is 0.0848. The number of ether oxygens (including phenoxy) is 1. The van der Waals surface area contributed by atoms with E-state index in [-0.39, 0.29) is 6.61 Å². The molecule has 0 saturated heterocycles. The fourth-order valence-corrected chi connectivity index (χ4v) is 1.09. The number of nitrogens with zero attached hydrogens (tertiary/aromatic N) is 3. The number of rotatable bonds is 7. The van der Waals surface area contributed by atoms with Gasteiger partial charge in [0.05, 0.1) is 38.3 Å². The monoisotopic (exact) mass is 197 g/mol. The molecule has 5 nitrogen and oxygen atoms in total. The lowest BCUT2D eigenvalue weighted by Gasteiger charge is -2.04. The second-order valence-electron chi connectivity index (χ2n) is 2.78. The lowest BCUT2D eigenvalue weighted by atomic mass is 10.3. The van der Waals surface area contributed by atoms with Crippen LogP contribution in [-0.4, -0.2) is 39.9 Å². The van der Waals surface area contributed by atoms with Crippen LogP contribution in [0.5, 0.6) is 0 Å². The largest absolute Gasteiger partial charge is 0.394 e. The molecule has 1 rings (SSSR count). The van der Waals surface area contributed by atoms with Crippen LogP contribution >= 0.6 is 0 Å². The van der Waals surface area contributed by atoms with Gasteiger partial charge in [0, 0.05) is 6.42 Å². The number of aromatic nitrogens is 3. The van der Waals surface area contributed by atoms with Gasteiger partial charge in [-0.2, -0.15) is 0 Å². The molecule has 1 heterocycles. The molecule has 1 N–H and O–H groups in total. The van der Waals surface area contributed by atoms with Gasteiger partial charge in [-0.15, -0.1) is 11.7 Å². The summed E-state index contributed by atoms with van der Waals surface area (Å²) in [5.74, 6) is 0. The highest BCUT2D eigenvalue weighted by Crippen LogP contribution is 1.97. The number of hydrogen-bond acceptors (Lipinski definition) is 4. The molecule has 0 aliphatic rings. The summed E-state index contributed by atoms with van der Waals surface area (Å²) in [4.78, 5) is 0. The molecule has 0 aliphatic heterocycles. The van der Waals surface area contributed by atoms with Crippen LogP contribution in [0.15, 0.2) is 18.9 Å². The molecule has 78 valence electrons. The lowest BCUT2D eigenvalue weighted by Crippen LogP contribution is -2.11. The molecule has 0 fully saturated rings. The van der Waals surface area contributed by atoms with Crippen LogP contribution in [0.25, 0.3) is 0 Å². The highest BCUT2D eigenvalue weighted by molar-refractivity contribution is 4.99. The molecule has 0 saturated carbocycles. The third kappa shape index (κ3) is 3.27. The molecule has 0 bridgehead atoms. The van der Waals surface area contributed by atoms with Gasteiger partial charge in [-0.05, 0) is 0 Å². The van der Waals surface area contributed by atoms with Gasteiger partial charge in [-0.25, -0.2) is 4.68 Å². The van der Waals surface area contributed by atoms with Gasteiger partial charge in [0.1, 0.15) is 0 Å². The van der Waals surface area contributed by atoms with Crippen molar-refractivity contribution in [2.45, 2.75) is 13.0 Å². The van der Waals surface area contributed by atoms with Crippen molar-refractivity contribution >= 4 is 0 Å². The van der Waals surface area contributed by atoms with E-state index in [1.165, 1.54) is 0 Å². The summed E-state index contributed by atoms with van der Waals surface area (Å²) >= 11 is 0. The Kier molecular flexibility index (Phi) is 4.88. The van der Waals surface area contributed by atoms with Gasteiger partial charge in [0.15, 0.2) is 0 Å². The van der Waals surface area contributed by atoms with Gasteiger partial charge in [-0.1, -0.05) is 11.3 Å². The minimum atomic E-state index is 0.0525. The van der Waals surface area contributed by atoms with Crippen LogP contribution in [0.2, 0.25) is 0 Å². The maximum atomic E-state index is 8.49. The van der Waals surface area contributed by atoms with E-state index in [0.717, 1.165) is 12.1 Å². The second kappa shape index (κ2) is 6.28. The first kappa shape index (κ1) is 10.9. The Bertz CT molecular complexity index is 273. The maximum Gasteiger partial charge on any atom is 0.0728 e. The molecule has 5 heteroatoms. The van der Waals surface area contributed by atoms with E-state index in [4.69, 9.17) is 9.84 Å². The van der Waals surface area contributed by atoms with Crippen molar-refractivity contribution in [1.82, 2.24) is 15.0 Å². The Morgan fingerprint density at radius 3 is 3.14 bits per heavy atom. The van der Waals surface area contributed by atoms with E-state index in [0.29, 0.717) is 19.8 Å². The molecule has 0 spiro atoms. The predicted octanol–water partition coefficient (Wildman–Crippen LogP) is 0.0155. The zero-order valence-corrected chi connectivity index (χ0v) is 8.09. The van der Waals surface area contributed by atoms with Crippen molar-refractivity contribution in [3.63, 3.8) is 0 Å². The second-order valence-corrected chi connectivity index (χ2v) is 2.78. The summed E-state index contributed by atoms with van der Waals surface area (Å²) in [6.07, 6.45) is 4.28. The third-order valence-corrected chi connectivity index (χ3v) is 1.73. The predicted molar refractivity (Wildman–Crippen MR) is 51.8 cm³/mol. The van der Waals surface area contributed by atoms with Crippen molar-refractivity contribution in [1.29, 1.82) is 0 Å². The van der Waals surface area contributed by atoms with Gasteiger partial charge in [0.2, 0.25) is 0 Å². The van der Waals surface area contributed by atoms with Crippen LogP contribution in [0.1, 0.15) is 5.69 Å². The molecular weight excluding hydrogens is 182 g/mol. The van der Waals surface area contributed by atoms with Crippen molar-refractivity contribution in [2.75, 3.05) is 19.8 Å². The van der Waals surface area contributed by atoms with Gasteiger partial charge >= 0.3 is 0 Å². The molecule has 0 aromatic carbocycles. The molecule has 1 aromatic heterocycles. The molecule has 0 amide bonds. The number of aliphatic hydroxyl groups excluding tert-OH is 1. The average molecular weight is 197 g/mol. The quantitative estimate of drug-likeness (QED) is 0.494. The SMILES string of the molecule is C=CCc1cnnn1CCOCCO. The number of hydrogen-bond donors (Lipinski definition) is 1. The highest BCUT2D eigenvalue weighted by Gasteiger charge is 2.00. The maximum absolute atomic E-state index is 8.49. The normalized spacial score (nSPS) is 10.4. The van der Waals surface area contributed by atoms with E-state index >= 15 is 0 Å². The smallest absolute Gasteiger partial charge is 0.0728 e. The van der Waals surface area contributed by atoms with Crippen molar-refractivity contribution < 1.29 is 9.84 Å². The molecule has 0 atom stereocenters. The van der Waals surface area contributed by atoms with Gasteiger partial charge in [0.25, 0.3) is 0 Å². The Morgan fingerprint density at radius 1 is 1.57 bits per heavy atom. The van der Waals surface area contributed by atoms with Crippen molar-refractivity contribution in [3.05, 3.63) is 24.5 Å². The summed E-state index contributed by atoms with van der Waals surface area (Å²) in [7, 11) is 0. The highest BCUT2D eigenvalue weighted by atomic mass is 16.5. The fraction of sp³-hybridized carbons (Fsp3) is 0.556. The van der Waals surface area contributed by atoms with E-state index in [2.05, 4.69) is 16.9 Å². The van der Waals surface area contributed by atoms with Gasteiger partial charge < -0.3 is 9.84 Å². The molecule has 1 aromatic rings. The minimum Gasteiger partial charge on any atom is -0.394 e. The van der Waals surface area contributed by atoms with E-state index in [9.17, 15) is 0 Å². The Labute approximate surface area is 83.0 Å². The van der Waals surface area contributed by atoms with Crippen molar-refractivity contribution in [2.24, 2.45) is 0 Å². The Morgan fingerprint density at radius 2 is 2.43 bits per heavy atom. The summed E-state index contributed by atoms with van der Waals surface area (Å²) in [5.41, 5.74) is 1.02. The van der Waals surface area contributed by atoms with E-state index < -0.39 is 0 Å². The van der Waals surface area contributed by atoms with Gasteiger partial charge in [-0.3, -0.25) is 0 Å². The molecule has 0 unspecified atom stereocenters. The number of allylic oxidation sites excluding steroid dienone is 1. The average Bonchev–Trinajstić information content (AvgIpc) is 2.61. The standard InChI is InChI=1S/C9H15N3O2/c1-2-3-9-8-10-11-12(9)4-6-14-7-5-13/h2,8,13H,1,3-7H2. The topological polar surface area (TPSA) is 60.2 Å². The number of aliphatic hydroxyl groups is 1. The Balaban J connectivity index is 2.33. The molecular formula is C9H15N3O2. The van der Waals surface area contributed by atoms with Crippen LogP contribution in [0.4, 0.5) is 0 Å². The minimum absolute atomic E-state index is 0.0525.